The van der Waals surface area contributed by atoms with Gasteiger partial charge >= 0.3 is 5.97 Å². The Morgan fingerprint density at radius 1 is 1.18 bits per heavy atom. The van der Waals surface area contributed by atoms with Crippen molar-refractivity contribution in [3.05, 3.63) is 64.4 Å². The largest absolute Gasteiger partial charge is 0.425 e. The molecule has 1 aromatic heterocycles. The second-order valence-electron chi connectivity index (χ2n) is 4.86. The number of nitrogens with zero attached hydrogens (tertiary/aromatic N) is 3. The summed E-state index contributed by atoms with van der Waals surface area (Å²) in [5.74, 6) is -0.135. The van der Waals surface area contributed by atoms with Gasteiger partial charge in [-0.3, -0.25) is 4.79 Å². The van der Waals surface area contributed by atoms with Crippen molar-refractivity contribution in [2.45, 2.75) is 13.5 Å². The highest BCUT2D eigenvalue weighted by Gasteiger charge is 2.11. The minimum absolute atomic E-state index is 0.287. The van der Waals surface area contributed by atoms with E-state index in [1.807, 2.05) is 13.0 Å². The third kappa shape index (κ3) is 2.85. The lowest BCUT2D eigenvalue weighted by molar-refractivity contribution is -0.135. The molecule has 0 saturated heterocycles. The van der Waals surface area contributed by atoms with Gasteiger partial charge in [-0.2, -0.15) is 4.68 Å². The molecule has 2 aromatic carbocycles. The number of benzene rings is 2. The van der Waals surface area contributed by atoms with Crippen LogP contribution < -0.4 is 10.3 Å². The molecule has 3 aromatic rings. The van der Waals surface area contributed by atoms with Gasteiger partial charge in [-0.25, -0.2) is 4.79 Å². The third-order valence-electron chi connectivity index (χ3n) is 3.13. The van der Waals surface area contributed by atoms with Gasteiger partial charge in [0.25, 0.3) is 5.56 Å². The second-order valence-corrected chi connectivity index (χ2v) is 4.86. The van der Waals surface area contributed by atoms with Crippen LogP contribution in [0.25, 0.3) is 10.9 Å². The summed E-state index contributed by atoms with van der Waals surface area (Å²) in [4.78, 5) is 24.2. The highest BCUT2D eigenvalue weighted by molar-refractivity contribution is 5.77. The molecule has 0 spiro atoms. The molecule has 3 rings (SSSR count). The third-order valence-corrected chi connectivity index (χ3v) is 3.13. The van der Waals surface area contributed by atoms with Gasteiger partial charge in [0.2, 0.25) is 0 Å². The number of rotatable bonds is 3. The number of hydrogen-bond donors (Lipinski definition) is 0. The Morgan fingerprint density at radius 2 is 2.00 bits per heavy atom. The number of aryl methyl sites for hydroxylation is 1. The van der Waals surface area contributed by atoms with Gasteiger partial charge in [-0.15, -0.1) is 5.10 Å². The van der Waals surface area contributed by atoms with E-state index in [0.717, 1.165) is 10.2 Å². The molecule has 0 radical (unpaired) electrons. The molecule has 0 atom stereocenters. The molecular weight excluding hydrogens is 282 g/mol. The monoisotopic (exact) mass is 295 g/mol. The number of ether oxygens (including phenoxy) is 1. The Bertz CT molecular complexity index is 902. The summed E-state index contributed by atoms with van der Waals surface area (Å²) in [5, 5.41) is 8.10. The molecule has 0 bridgehead atoms. The van der Waals surface area contributed by atoms with Crippen molar-refractivity contribution >= 4 is 16.9 Å². The Balaban J connectivity index is 1.82. The smallest absolute Gasteiger partial charge is 0.333 e. The first kappa shape index (κ1) is 13.9. The van der Waals surface area contributed by atoms with E-state index in [9.17, 15) is 9.59 Å². The van der Waals surface area contributed by atoms with E-state index in [0.29, 0.717) is 16.7 Å². The number of aromatic nitrogens is 3. The van der Waals surface area contributed by atoms with Gasteiger partial charge < -0.3 is 4.74 Å². The minimum Gasteiger partial charge on any atom is -0.425 e. The maximum absolute atomic E-state index is 12.2. The maximum Gasteiger partial charge on any atom is 0.333 e. The lowest BCUT2D eigenvalue weighted by atomic mass is 10.2. The molecule has 0 saturated carbocycles. The van der Waals surface area contributed by atoms with Gasteiger partial charge in [-0.05, 0) is 36.8 Å². The molecule has 6 heteroatoms. The molecule has 0 amide bonds. The average Bonchev–Trinajstić information content (AvgIpc) is 2.50. The van der Waals surface area contributed by atoms with E-state index >= 15 is 0 Å². The minimum atomic E-state index is -0.572. The SMILES string of the molecule is Cc1cccc(OC(=O)Cn2nnc3ccccc3c2=O)c1. The summed E-state index contributed by atoms with van der Waals surface area (Å²) in [5.41, 5.74) is 1.11. The number of carbonyl (C=O) groups is 1. The van der Waals surface area contributed by atoms with Crippen molar-refractivity contribution in [1.82, 2.24) is 15.0 Å². The standard InChI is InChI=1S/C16H13N3O3/c1-11-5-4-6-12(9-11)22-15(20)10-19-16(21)13-7-2-3-8-14(13)17-18-19/h2-9H,10H2,1H3. The first-order valence-corrected chi connectivity index (χ1v) is 6.73. The van der Waals surface area contributed by atoms with Crippen molar-refractivity contribution in [3.63, 3.8) is 0 Å². The molecular formula is C16H13N3O3. The van der Waals surface area contributed by atoms with Gasteiger partial charge in [0.05, 0.1) is 5.39 Å². The van der Waals surface area contributed by atoms with Gasteiger partial charge in [-0.1, -0.05) is 29.5 Å². The van der Waals surface area contributed by atoms with Crippen LogP contribution in [-0.2, 0) is 11.3 Å². The highest BCUT2D eigenvalue weighted by atomic mass is 16.5. The van der Waals surface area contributed by atoms with Gasteiger partial charge in [0.15, 0.2) is 0 Å². The Kier molecular flexibility index (Phi) is 3.65. The molecule has 0 fully saturated rings. The Hall–Kier alpha value is -3.02. The molecule has 110 valence electrons. The molecule has 0 aliphatic carbocycles. The number of hydrogen-bond acceptors (Lipinski definition) is 5. The number of carbonyl (C=O) groups excluding carboxylic acids is 1. The van der Waals surface area contributed by atoms with Crippen LogP contribution in [0.15, 0.2) is 53.3 Å². The van der Waals surface area contributed by atoms with Crippen LogP contribution in [0.3, 0.4) is 0 Å². The van der Waals surface area contributed by atoms with Crippen LogP contribution in [0.5, 0.6) is 5.75 Å². The highest BCUT2D eigenvalue weighted by Crippen LogP contribution is 2.12. The van der Waals surface area contributed by atoms with E-state index < -0.39 is 5.97 Å². The van der Waals surface area contributed by atoms with Crippen LogP contribution in [0.1, 0.15) is 5.56 Å². The Morgan fingerprint density at radius 3 is 2.82 bits per heavy atom. The fourth-order valence-electron chi connectivity index (χ4n) is 2.09. The van der Waals surface area contributed by atoms with Gasteiger partial charge in [0.1, 0.15) is 17.8 Å². The zero-order chi connectivity index (χ0) is 15.5. The lowest BCUT2D eigenvalue weighted by Crippen LogP contribution is -2.29. The van der Waals surface area contributed by atoms with E-state index in [2.05, 4.69) is 10.3 Å². The van der Waals surface area contributed by atoms with Crippen LogP contribution in [-0.4, -0.2) is 21.0 Å². The summed E-state index contributed by atoms with van der Waals surface area (Å²) in [7, 11) is 0. The summed E-state index contributed by atoms with van der Waals surface area (Å²) in [6.07, 6.45) is 0. The Labute approximate surface area is 126 Å². The molecule has 0 aliphatic rings. The van der Waals surface area contributed by atoms with Crippen molar-refractivity contribution in [2.75, 3.05) is 0 Å². The summed E-state index contributed by atoms with van der Waals surface area (Å²) < 4.78 is 6.20. The fraction of sp³-hybridized carbons (Fsp3) is 0.125. The summed E-state index contributed by atoms with van der Waals surface area (Å²) in [6, 6.07) is 14.0. The maximum atomic E-state index is 12.2. The van der Waals surface area contributed by atoms with Crippen molar-refractivity contribution in [2.24, 2.45) is 0 Å². The molecule has 0 N–H and O–H groups in total. The molecule has 1 heterocycles. The van der Waals surface area contributed by atoms with E-state index in [4.69, 9.17) is 4.74 Å². The molecule has 6 nitrogen and oxygen atoms in total. The van der Waals surface area contributed by atoms with Crippen molar-refractivity contribution in [1.29, 1.82) is 0 Å². The quantitative estimate of drug-likeness (QED) is 0.543. The number of esters is 1. The first-order valence-electron chi connectivity index (χ1n) is 6.73. The predicted molar refractivity (Wildman–Crippen MR) is 80.6 cm³/mol. The van der Waals surface area contributed by atoms with Crippen LogP contribution in [0.4, 0.5) is 0 Å². The van der Waals surface area contributed by atoms with Gasteiger partial charge in [0, 0.05) is 0 Å². The predicted octanol–water partition coefficient (Wildman–Crippen LogP) is 1.71. The van der Waals surface area contributed by atoms with E-state index in [1.165, 1.54) is 0 Å². The normalized spacial score (nSPS) is 10.6. The zero-order valence-electron chi connectivity index (χ0n) is 11.9. The van der Waals surface area contributed by atoms with Crippen molar-refractivity contribution in [3.8, 4) is 5.75 Å². The van der Waals surface area contributed by atoms with Crippen LogP contribution in [0.2, 0.25) is 0 Å². The van der Waals surface area contributed by atoms with Crippen LogP contribution in [0, 0.1) is 6.92 Å². The topological polar surface area (TPSA) is 74.1 Å². The average molecular weight is 295 g/mol. The zero-order valence-corrected chi connectivity index (χ0v) is 11.9. The van der Waals surface area contributed by atoms with Crippen molar-refractivity contribution < 1.29 is 9.53 Å². The molecule has 22 heavy (non-hydrogen) atoms. The number of fused-ring (bicyclic) bond motifs is 1. The fourth-order valence-corrected chi connectivity index (χ4v) is 2.09. The summed E-state index contributed by atoms with van der Waals surface area (Å²) in [6.45, 7) is 1.61. The van der Waals surface area contributed by atoms with E-state index in [1.54, 1.807) is 42.5 Å². The first-order chi connectivity index (χ1) is 10.6. The second kappa shape index (κ2) is 5.77. The summed E-state index contributed by atoms with van der Waals surface area (Å²) >= 11 is 0. The molecule has 0 aliphatic heterocycles. The lowest BCUT2D eigenvalue weighted by Gasteiger charge is -2.06. The van der Waals surface area contributed by atoms with E-state index in [-0.39, 0.29) is 12.1 Å². The van der Waals surface area contributed by atoms with Crippen LogP contribution >= 0.6 is 0 Å². The molecule has 0 unspecified atom stereocenters.